The Kier molecular flexibility index (Phi) is 3.79. The molecule has 6 heteroatoms. The summed E-state index contributed by atoms with van der Waals surface area (Å²) in [6, 6.07) is 8.91. The van der Waals surface area contributed by atoms with Gasteiger partial charge in [0.15, 0.2) is 9.84 Å². The highest BCUT2D eigenvalue weighted by molar-refractivity contribution is 7.93. The molecular weight excluding hydrogens is 273 g/mol. The van der Waals surface area contributed by atoms with Crippen LogP contribution in [-0.4, -0.2) is 15.0 Å². The Labute approximate surface area is 109 Å². The molecule has 0 unspecified atom stereocenters. The van der Waals surface area contributed by atoms with Gasteiger partial charge in [0.2, 0.25) is 0 Å². The Morgan fingerprint density at radius 3 is 2.61 bits per heavy atom. The third kappa shape index (κ3) is 2.45. The van der Waals surface area contributed by atoms with Crippen LogP contribution in [0.5, 0.6) is 0 Å². The summed E-state index contributed by atoms with van der Waals surface area (Å²) in [6.07, 6.45) is 0. The summed E-state index contributed by atoms with van der Waals surface area (Å²) in [5.74, 6) is -0.438. The minimum Gasteiger partial charge on any atom is -0.356 e. The minimum absolute atomic E-state index is 0.170. The average molecular weight is 286 g/mol. The largest absolute Gasteiger partial charge is 0.356 e. The summed E-state index contributed by atoms with van der Waals surface area (Å²) in [5, 5.41) is 0.908. The number of sulfone groups is 1. The maximum absolute atomic E-state index is 13.2. The molecule has 3 nitrogen and oxygen atoms in total. The van der Waals surface area contributed by atoms with Crippen LogP contribution in [0.1, 0.15) is 10.8 Å². The lowest BCUT2D eigenvalue weighted by atomic mass is 10.1. The highest BCUT2D eigenvalue weighted by atomic mass is 32.2. The van der Waals surface area contributed by atoms with Crippen LogP contribution in [0.2, 0.25) is 0 Å². The second-order valence-electron chi connectivity index (χ2n) is 3.81. The zero-order chi connectivity index (χ0) is 13.2. The fraction of sp³-hybridized carbons (Fsp3) is 0.167. The van der Waals surface area contributed by atoms with E-state index in [1.807, 2.05) is 0 Å². The molecule has 1 atom stereocenters. The Morgan fingerprint density at radius 2 is 2.06 bits per heavy atom. The molecule has 0 aliphatic heterocycles. The van der Waals surface area contributed by atoms with E-state index in [-0.39, 0.29) is 6.54 Å². The molecule has 0 spiro atoms. The molecule has 0 fully saturated rings. The maximum Gasteiger partial charge on any atom is 0.200 e. The molecular formula is C12H13FNO2S2+. The van der Waals surface area contributed by atoms with Crippen molar-refractivity contribution in [2.75, 3.05) is 6.54 Å². The van der Waals surface area contributed by atoms with Gasteiger partial charge >= 0.3 is 0 Å². The monoisotopic (exact) mass is 286 g/mol. The second kappa shape index (κ2) is 5.17. The van der Waals surface area contributed by atoms with Crippen molar-refractivity contribution in [1.29, 1.82) is 0 Å². The highest BCUT2D eigenvalue weighted by Gasteiger charge is 2.30. The normalized spacial score (nSPS) is 13.4. The molecule has 96 valence electrons. The molecule has 2 aromatic rings. The molecule has 0 saturated carbocycles. The summed E-state index contributed by atoms with van der Waals surface area (Å²) >= 11 is 1.16. The molecule has 2 rings (SSSR count). The standard InChI is InChI=1S/C12H12FNO2S2/c13-10-4-1-3-9(7-10)11(8-14)18(15,16)12-5-2-6-17-12/h1-7,11H,8,14H2/p+1/t11-/m1/s1. The lowest BCUT2D eigenvalue weighted by Crippen LogP contribution is -2.54. The van der Waals surface area contributed by atoms with Gasteiger partial charge in [-0.1, -0.05) is 18.2 Å². The summed E-state index contributed by atoms with van der Waals surface area (Å²) < 4.78 is 38.2. The summed E-state index contributed by atoms with van der Waals surface area (Å²) in [5.41, 5.74) is 4.11. The van der Waals surface area contributed by atoms with Crippen LogP contribution in [0.4, 0.5) is 4.39 Å². The SMILES string of the molecule is [NH3+]C[C@H](c1cccc(F)c1)S(=O)(=O)c1cccs1. The summed E-state index contributed by atoms with van der Waals surface area (Å²) in [7, 11) is -3.49. The average Bonchev–Trinajstić information content (AvgIpc) is 2.83. The van der Waals surface area contributed by atoms with Crippen molar-refractivity contribution >= 4 is 21.2 Å². The molecule has 18 heavy (non-hydrogen) atoms. The van der Waals surface area contributed by atoms with Crippen molar-refractivity contribution in [2.24, 2.45) is 0 Å². The first-order valence-corrected chi connectivity index (χ1v) is 7.80. The van der Waals surface area contributed by atoms with Crippen LogP contribution in [0.25, 0.3) is 0 Å². The van der Waals surface area contributed by atoms with E-state index < -0.39 is 20.9 Å². The maximum atomic E-state index is 13.2. The third-order valence-corrected chi connectivity index (χ3v) is 6.23. The lowest BCUT2D eigenvalue weighted by Gasteiger charge is -2.13. The van der Waals surface area contributed by atoms with Crippen LogP contribution in [0.3, 0.4) is 0 Å². The molecule has 1 aromatic carbocycles. The van der Waals surface area contributed by atoms with E-state index in [9.17, 15) is 12.8 Å². The van der Waals surface area contributed by atoms with Crippen LogP contribution < -0.4 is 5.73 Å². The Bertz CT molecular complexity index is 623. The van der Waals surface area contributed by atoms with Gasteiger partial charge in [-0.15, -0.1) is 11.3 Å². The fourth-order valence-electron chi connectivity index (χ4n) is 1.77. The van der Waals surface area contributed by atoms with E-state index in [1.54, 1.807) is 23.6 Å². The number of thiophene rings is 1. The number of halogens is 1. The first-order chi connectivity index (χ1) is 8.55. The van der Waals surface area contributed by atoms with Crippen molar-refractivity contribution < 1.29 is 18.5 Å². The number of quaternary nitrogens is 1. The number of hydrogen-bond acceptors (Lipinski definition) is 3. The first-order valence-electron chi connectivity index (χ1n) is 5.38. The fourth-order valence-corrected chi connectivity index (χ4v) is 4.64. The molecule has 0 aliphatic carbocycles. The van der Waals surface area contributed by atoms with E-state index >= 15 is 0 Å². The van der Waals surface area contributed by atoms with Crippen LogP contribution in [0, 0.1) is 5.82 Å². The van der Waals surface area contributed by atoms with Gasteiger partial charge < -0.3 is 5.73 Å². The molecule has 3 N–H and O–H groups in total. The molecule has 0 aliphatic rings. The van der Waals surface area contributed by atoms with Crippen LogP contribution in [0.15, 0.2) is 46.0 Å². The smallest absolute Gasteiger partial charge is 0.200 e. The van der Waals surface area contributed by atoms with Gasteiger partial charge in [-0.3, -0.25) is 0 Å². The predicted molar refractivity (Wildman–Crippen MR) is 68.4 cm³/mol. The van der Waals surface area contributed by atoms with Crippen molar-refractivity contribution in [3.63, 3.8) is 0 Å². The lowest BCUT2D eigenvalue weighted by molar-refractivity contribution is -0.367. The zero-order valence-electron chi connectivity index (χ0n) is 9.54. The quantitative estimate of drug-likeness (QED) is 0.929. The van der Waals surface area contributed by atoms with E-state index in [0.717, 1.165) is 11.3 Å². The summed E-state index contributed by atoms with van der Waals surface area (Å²) in [6.45, 7) is 0.170. The van der Waals surface area contributed by atoms with E-state index in [4.69, 9.17) is 0 Å². The Balaban J connectivity index is 2.47. The molecule has 0 bridgehead atoms. The van der Waals surface area contributed by atoms with Crippen molar-refractivity contribution in [3.05, 3.63) is 53.2 Å². The van der Waals surface area contributed by atoms with Crippen molar-refractivity contribution in [2.45, 2.75) is 9.46 Å². The summed E-state index contributed by atoms with van der Waals surface area (Å²) in [4.78, 5) is 0. The van der Waals surface area contributed by atoms with E-state index in [2.05, 4.69) is 5.73 Å². The second-order valence-corrected chi connectivity index (χ2v) is 7.11. The minimum atomic E-state index is -3.49. The van der Waals surface area contributed by atoms with Gasteiger partial charge in [-0.2, -0.15) is 0 Å². The molecule has 0 radical (unpaired) electrons. The highest BCUT2D eigenvalue weighted by Crippen LogP contribution is 2.30. The third-order valence-electron chi connectivity index (χ3n) is 2.63. The van der Waals surface area contributed by atoms with Crippen molar-refractivity contribution in [3.8, 4) is 0 Å². The number of hydrogen-bond donors (Lipinski definition) is 1. The van der Waals surface area contributed by atoms with Gasteiger partial charge in [-0.25, -0.2) is 12.8 Å². The number of rotatable bonds is 4. The first kappa shape index (κ1) is 13.2. The number of benzene rings is 1. The van der Waals surface area contributed by atoms with E-state index in [1.165, 1.54) is 18.2 Å². The van der Waals surface area contributed by atoms with Gasteiger partial charge in [0.1, 0.15) is 15.3 Å². The Hall–Kier alpha value is -1.24. The van der Waals surface area contributed by atoms with E-state index in [0.29, 0.717) is 9.77 Å². The molecule has 0 amide bonds. The van der Waals surface area contributed by atoms with Gasteiger partial charge in [0.05, 0.1) is 6.54 Å². The molecule has 1 heterocycles. The van der Waals surface area contributed by atoms with Gasteiger partial charge in [-0.05, 0) is 29.1 Å². The molecule has 1 aromatic heterocycles. The van der Waals surface area contributed by atoms with Gasteiger partial charge in [0, 0.05) is 0 Å². The van der Waals surface area contributed by atoms with Gasteiger partial charge in [0.25, 0.3) is 0 Å². The predicted octanol–water partition coefficient (Wildman–Crippen LogP) is 1.64. The molecule has 0 saturated heterocycles. The zero-order valence-corrected chi connectivity index (χ0v) is 11.2. The van der Waals surface area contributed by atoms with Crippen molar-refractivity contribution in [1.82, 2.24) is 0 Å². The van der Waals surface area contributed by atoms with Crippen LogP contribution >= 0.6 is 11.3 Å². The van der Waals surface area contributed by atoms with Crippen LogP contribution in [-0.2, 0) is 9.84 Å². The topological polar surface area (TPSA) is 61.8 Å². The Morgan fingerprint density at radius 1 is 1.28 bits per heavy atom.